The van der Waals surface area contributed by atoms with Gasteiger partial charge in [0.1, 0.15) is 0 Å². The molecular formula is C9H13N3O. The zero-order chi connectivity index (χ0) is 9.26. The molecule has 2 heterocycles. The van der Waals surface area contributed by atoms with E-state index in [4.69, 9.17) is 0 Å². The molecule has 0 radical (unpaired) electrons. The molecule has 0 aliphatic carbocycles. The Bertz CT molecular complexity index is 312. The van der Waals surface area contributed by atoms with Crippen LogP contribution in [0.4, 0.5) is 0 Å². The van der Waals surface area contributed by atoms with E-state index in [9.17, 15) is 4.79 Å². The number of ketones is 1. The van der Waals surface area contributed by atoms with Crippen LogP contribution in [0.15, 0.2) is 12.4 Å². The maximum atomic E-state index is 11.8. The van der Waals surface area contributed by atoms with Crippen LogP contribution in [-0.2, 0) is 7.05 Å². The van der Waals surface area contributed by atoms with Crippen molar-refractivity contribution in [1.29, 1.82) is 0 Å². The Morgan fingerprint density at radius 2 is 2.62 bits per heavy atom. The normalized spacial score (nSPS) is 22.1. The Balaban J connectivity index is 2.17. The highest BCUT2D eigenvalue weighted by Gasteiger charge is 2.25. The number of aryl methyl sites for hydroxylation is 1. The van der Waals surface area contributed by atoms with E-state index in [2.05, 4.69) is 10.3 Å². The minimum absolute atomic E-state index is 0.126. The predicted octanol–water partition coefficient (Wildman–Crippen LogP) is 0.212. The van der Waals surface area contributed by atoms with Gasteiger partial charge in [-0.15, -0.1) is 0 Å². The lowest BCUT2D eigenvalue weighted by atomic mass is 10.0. The highest BCUT2D eigenvalue weighted by atomic mass is 16.1. The number of rotatable bonds is 2. The molecule has 1 atom stereocenters. The van der Waals surface area contributed by atoms with Crippen LogP contribution in [0.3, 0.4) is 0 Å². The van der Waals surface area contributed by atoms with Gasteiger partial charge in [0.25, 0.3) is 0 Å². The molecule has 0 amide bonds. The maximum Gasteiger partial charge on any atom is 0.202 e. The lowest BCUT2D eigenvalue weighted by Gasteiger charge is -2.05. The van der Waals surface area contributed by atoms with Crippen LogP contribution in [0.25, 0.3) is 0 Å². The van der Waals surface area contributed by atoms with Gasteiger partial charge in [0.2, 0.25) is 5.78 Å². The number of hydrogen-bond acceptors (Lipinski definition) is 3. The molecule has 0 spiro atoms. The fourth-order valence-corrected chi connectivity index (χ4v) is 1.66. The van der Waals surface area contributed by atoms with Crippen molar-refractivity contribution in [3.8, 4) is 0 Å². The van der Waals surface area contributed by atoms with Gasteiger partial charge in [0.05, 0.1) is 0 Å². The topological polar surface area (TPSA) is 46.9 Å². The number of carbonyl (C=O) groups is 1. The van der Waals surface area contributed by atoms with Gasteiger partial charge in [0.15, 0.2) is 5.82 Å². The van der Waals surface area contributed by atoms with Crippen molar-refractivity contribution in [3.63, 3.8) is 0 Å². The van der Waals surface area contributed by atoms with Crippen LogP contribution in [0.2, 0.25) is 0 Å². The highest BCUT2D eigenvalue weighted by molar-refractivity contribution is 5.95. The predicted molar refractivity (Wildman–Crippen MR) is 48.5 cm³/mol. The van der Waals surface area contributed by atoms with Crippen LogP contribution in [0.5, 0.6) is 0 Å². The number of nitrogens with zero attached hydrogens (tertiary/aromatic N) is 2. The maximum absolute atomic E-state index is 11.8. The molecule has 0 saturated carbocycles. The third-order valence-electron chi connectivity index (χ3n) is 2.47. The summed E-state index contributed by atoms with van der Waals surface area (Å²) >= 11 is 0. The molecule has 0 bridgehead atoms. The van der Waals surface area contributed by atoms with Crippen molar-refractivity contribution in [2.75, 3.05) is 13.1 Å². The summed E-state index contributed by atoms with van der Waals surface area (Å²) < 4.78 is 1.78. The highest BCUT2D eigenvalue weighted by Crippen LogP contribution is 2.13. The van der Waals surface area contributed by atoms with E-state index in [1.165, 1.54) is 0 Å². The lowest BCUT2D eigenvalue weighted by Crippen LogP contribution is -2.20. The molecule has 0 aromatic carbocycles. The summed E-state index contributed by atoms with van der Waals surface area (Å²) in [5, 5.41) is 3.18. The Labute approximate surface area is 77.0 Å². The molecule has 1 fully saturated rings. The summed E-state index contributed by atoms with van der Waals surface area (Å²) in [5.74, 6) is 0.868. The summed E-state index contributed by atoms with van der Waals surface area (Å²) in [4.78, 5) is 15.9. The third kappa shape index (κ3) is 1.49. The molecule has 1 aliphatic heterocycles. The molecule has 4 heteroatoms. The zero-order valence-electron chi connectivity index (χ0n) is 7.66. The number of aromatic nitrogens is 2. The van der Waals surface area contributed by atoms with Crippen molar-refractivity contribution in [3.05, 3.63) is 18.2 Å². The van der Waals surface area contributed by atoms with E-state index >= 15 is 0 Å². The van der Waals surface area contributed by atoms with Gasteiger partial charge >= 0.3 is 0 Å². The van der Waals surface area contributed by atoms with Crippen LogP contribution in [0.1, 0.15) is 17.0 Å². The number of imidazole rings is 1. The Morgan fingerprint density at radius 3 is 3.15 bits per heavy atom. The molecule has 1 N–H and O–H groups in total. The fourth-order valence-electron chi connectivity index (χ4n) is 1.66. The monoisotopic (exact) mass is 179 g/mol. The molecule has 13 heavy (non-hydrogen) atoms. The van der Waals surface area contributed by atoms with Crippen LogP contribution >= 0.6 is 0 Å². The van der Waals surface area contributed by atoms with E-state index in [0.717, 1.165) is 19.5 Å². The van der Waals surface area contributed by atoms with Crippen molar-refractivity contribution >= 4 is 5.78 Å². The standard InChI is InChI=1S/C9H13N3O/c1-12-5-4-11-9(12)8(13)7-2-3-10-6-7/h4-5,7,10H,2-3,6H2,1H3. The first kappa shape index (κ1) is 8.44. The summed E-state index contributed by atoms with van der Waals surface area (Å²) in [7, 11) is 1.85. The van der Waals surface area contributed by atoms with Gasteiger partial charge in [-0.05, 0) is 13.0 Å². The lowest BCUT2D eigenvalue weighted by molar-refractivity contribution is 0.0916. The van der Waals surface area contributed by atoms with E-state index in [0.29, 0.717) is 5.82 Å². The summed E-state index contributed by atoms with van der Waals surface area (Å²) in [5.41, 5.74) is 0. The Morgan fingerprint density at radius 1 is 1.77 bits per heavy atom. The zero-order valence-corrected chi connectivity index (χ0v) is 7.66. The van der Waals surface area contributed by atoms with Gasteiger partial charge in [-0.1, -0.05) is 0 Å². The molecule has 1 aromatic rings. The van der Waals surface area contributed by atoms with E-state index in [1.807, 2.05) is 7.05 Å². The second-order valence-corrected chi connectivity index (χ2v) is 3.42. The average Bonchev–Trinajstić information content (AvgIpc) is 2.72. The number of hydrogen-bond donors (Lipinski definition) is 1. The average molecular weight is 179 g/mol. The number of nitrogens with one attached hydrogen (secondary N) is 1. The van der Waals surface area contributed by atoms with Crippen molar-refractivity contribution in [2.24, 2.45) is 13.0 Å². The van der Waals surface area contributed by atoms with Crippen molar-refractivity contribution in [1.82, 2.24) is 14.9 Å². The molecule has 70 valence electrons. The first-order valence-electron chi connectivity index (χ1n) is 4.51. The quantitative estimate of drug-likeness (QED) is 0.660. The fraction of sp³-hybridized carbons (Fsp3) is 0.556. The van der Waals surface area contributed by atoms with E-state index < -0.39 is 0 Å². The van der Waals surface area contributed by atoms with Crippen molar-refractivity contribution < 1.29 is 4.79 Å². The molecular weight excluding hydrogens is 166 g/mol. The Kier molecular flexibility index (Phi) is 2.14. The first-order chi connectivity index (χ1) is 6.29. The van der Waals surface area contributed by atoms with Gasteiger partial charge in [-0.3, -0.25) is 4.79 Å². The van der Waals surface area contributed by atoms with Gasteiger partial charge in [0, 0.05) is 31.9 Å². The molecule has 1 unspecified atom stereocenters. The van der Waals surface area contributed by atoms with Gasteiger partial charge in [-0.25, -0.2) is 4.98 Å². The van der Waals surface area contributed by atoms with Crippen LogP contribution in [-0.4, -0.2) is 28.4 Å². The Hall–Kier alpha value is -1.16. The second kappa shape index (κ2) is 3.30. The minimum atomic E-state index is 0.126. The van der Waals surface area contributed by atoms with Gasteiger partial charge < -0.3 is 9.88 Å². The number of Topliss-reactive ketones (excluding diaryl/α,β-unsaturated/α-hetero) is 1. The van der Waals surface area contributed by atoms with Gasteiger partial charge in [-0.2, -0.15) is 0 Å². The van der Waals surface area contributed by atoms with Crippen LogP contribution < -0.4 is 5.32 Å². The van der Waals surface area contributed by atoms with Crippen molar-refractivity contribution in [2.45, 2.75) is 6.42 Å². The molecule has 2 rings (SSSR count). The molecule has 1 saturated heterocycles. The third-order valence-corrected chi connectivity index (χ3v) is 2.47. The van der Waals surface area contributed by atoms with E-state index in [1.54, 1.807) is 17.0 Å². The summed E-state index contributed by atoms with van der Waals surface area (Å²) in [6.07, 6.45) is 4.40. The largest absolute Gasteiger partial charge is 0.332 e. The summed E-state index contributed by atoms with van der Waals surface area (Å²) in [6, 6.07) is 0. The summed E-state index contributed by atoms with van der Waals surface area (Å²) in [6.45, 7) is 1.74. The first-order valence-corrected chi connectivity index (χ1v) is 4.51. The SMILES string of the molecule is Cn1ccnc1C(=O)C1CCNC1. The molecule has 1 aliphatic rings. The van der Waals surface area contributed by atoms with Crippen LogP contribution in [0, 0.1) is 5.92 Å². The molecule has 4 nitrogen and oxygen atoms in total. The van der Waals surface area contributed by atoms with E-state index in [-0.39, 0.29) is 11.7 Å². The smallest absolute Gasteiger partial charge is 0.202 e. The molecule has 1 aromatic heterocycles. The second-order valence-electron chi connectivity index (χ2n) is 3.42. The minimum Gasteiger partial charge on any atom is -0.332 e. The number of carbonyl (C=O) groups excluding carboxylic acids is 1.